The van der Waals surface area contributed by atoms with E-state index in [1.807, 2.05) is 18.2 Å². The van der Waals surface area contributed by atoms with Gasteiger partial charge in [-0.1, -0.05) is 35.5 Å². The largest absolute Gasteiger partial charge is 0.451 e. The molecule has 0 aromatic heterocycles. The lowest BCUT2D eigenvalue weighted by molar-refractivity contribution is -0.263. The summed E-state index contributed by atoms with van der Waals surface area (Å²) >= 11 is 0. The first-order chi connectivity index (χ1) is 10.9. The van der Waals surface area contributed by atoms with Crippen molar-refractivity contribution in [1.82, 2.24) is 0 Å². The normalized spacial score (nSPS) is 26.7. The predicted octanol–water partition coefficient (Wildman–Crippen LogP) is 1.65. The van der Waals surface area contributed by atoms with Gasteiger partial charge in [0.05, 0.1) is 0 Å². The Kier molecular flexibility index (Phi) is 5.00. The van der Waals surface area contributed by atoms with Crippen molar-refractivity contribution in [1.29, 1.82) is 0 Å². The van der Waals surface area contributed by atoms with E-state index >= 15 is 0 Å². The molecule has 2 rings (SSSR count). The summed E-state index contributed by atoms with van der Waals surface area (Å²) in [6.45, 7) is 4.11. The number of carbonyl (C=O) groups is 2. The summed E-state index contributed by atoms with van der Waals surface area (Å²) in [4.78, 5) is 28.4. The summed E-state index contributed by atoms with van der Waals surface area (Å²) in [5.41, 5.74) is -0.344. The molecular weight excluding hydrogens is 302 g/mol. The number of benzene rings is 1. The summed E-state index contributed by atoms with van der Waals surface area (Å²) < 4.78 is 16.0. The van der Waals surface area contributed by atoms with Gasteiger partial charge < -0.3 is 19.0 Å². The molecule has 23 heavy (non-hydrogen) atoms. The highest BCUT2D eigenvalue weighted by atomic mass is 16.8. The molecule has 7 nitrogen and oxygen atoms in total. The van der Waals surface area contributed by atoms with Gasteiger partial charge in [-0.25, -0.2) is 0 Å². The monoisotopic (exact) mass is 321 g/mol. The van der Waals surface area contributed by atoms with Crippen LogP contribution in [0.25, 0.3) is 0 Å². The van der Waals surface area contributed by atoms with Crippen molar-refractivity contribution in [3.63, 3.8) is 0 Å². The zero-order chi connectivity index (χ0) is 17.0. The van der Waals surface area contributed by atoms with Crippen molar-refractivity contribution in [2.45, 2.75) is 38.8 Å². The number of rotatable bonds is 4. The Bertz CT molecular complexity index is 614. The van der Waals surface area contributed by atoms with Crippen molar-refractivity contribution in [3.8, 4) is 0 Å². The molecule has 0 saturated carbocycles. The molecular formula is C16H19NO6. The number of hydrogen-bond acceptors (Lipinski definition) is 7. The van der Waals surface area contributed by atoms with Crippen LogP contribution in [0.3, 0.4) is 0 Å². The molecule has 0 unspecified atom stereocenters. The average Bonchev–Trinajstić information content (AvgIpc) is 2.49. The molecule has 0 amide bonds. The van der Waals surface area contributed by atoms with Gasteiger partial charge in [-0.15, -0.1) is 0 Å². The molecule has 1 aromatic rings. The Morgan fingerprint density at radius 1 is 1.17 bits per heavy atom. The number of oxime groups is 1. The molecule has 1 aromatic carbocycles. The Morgan fingerprint density at radius 3 is 2.35 bits per heavy atom. The standard InChI is InChI=1S/C16H19NO6/c1-10(18)21-14-13(12-8-6-5-7-9-12)17-23-15(20-4)16(14,3)22-11(2)19/h5-9,14-15H,1-4H3/t14-,15-,16-/m0/s1. The fourth-order valence-electron chi connectivity index (χ4n) is 2.49. The van der Waals surface area contributed by atoms with Gasteiger partial charge >= 0.3 is 11.9 Å². The van der Waals surface area contributed by atoms with E-state index in [0.29, 0.717) is 11.3 Å². The smallest absolute Gasteiger partial charge is 0.303 e. The van der Waals surface area contributed by atoms with E-state index in [2.05, 4.69) is 5.16 Å². The molecule has 124 valence electrons. The fraction of sp³-hybridized carbons (Fsp3) is 0.438. The highest BCUT2D eigenvalue weighted by molar-refractivity contribution is 6.05. The van der Waals surface area contributed by atoms with E-state index in [-0.39, 0.29) is 0 Å². The van der Waals surface area contributed by atoms with Crippen molar-refractivity contribution in [3.05, 3.63) is 35.9 Å². The van der Waals surface area contributed by atoms with Gasteiger partial charge in [0.2, 0.25) is 5.60 Å². The summed E-state index contributed by atoms with van der Waals surface area (Å²) in [7, 11) is 1.39. The quantitative estimate of drug-likeness (QED) is 0.784. The van der Waals surface area contributed by atoms with Gasteiger partial charge in [-0.3, -0.25) is 9.59 Å². The second-order valence-electron chi connectivity index (χ2n) is 5.28. The number of ether oxygens (including phenoxy) is 3. The van der Waals surface area contributed by atoms with Gasteiger partial charge in [-0.2, -0.15) is 0 Å². The topological polar surface area (TPSA) is 83.4 Å². The van der Waals surface area contributed by atoms with Crippen LogP contribution in [0.4, 0.5) is 0 Å². The van der Waals surface area contributed by atoms with Crippen molar-refractivity contribution in [2.75, 3.05) is 7.11 Å². The number of nitrogens with zero attached hydrogens (tertiary/aromatic N) is 1. The Morgan fingerprint density at radius 2 is 1.83 bits per heavy atom. The van der Waals surface area contributed by atoms with Gasteiger partial charge in [0.1, 0.15) is 5.71 Å². The van der Waals surface area contributed by atoms with Gasteiger partial charge in [0.25, 0.3) is 6.29 Å². The van der Waals surface area contributed by atoms with E-state index in [1.165, 1.54) is 21.0 Å². The SMILES string of the molecule is CO[C@H]1ON=C(c2ccccc2)[C@H](OC(C)=O)[C@]1(C)OC(C)=O. The fourth-order valence-corrected chi connectivity index (χ4v) is 2.49. The first-order valence-electron chi connectivity index (χ1n) is 7.07. The Balaban J connectivity index is 2.51. The lowest BCUT2D eigenvalue weighted by Crippen LogP contribution is -2.61. The number of hydrogen-bond donors (Lipinski definition) is 0. The molecule has 1 heterocycles. The minimum absolute atomic E-state index is 0.345. The highest BCUT2D eigenvalue weighted by Gasteiger charge is 2.55. The van der Waals surface area contributed by atoms with Gasteiger partial charge in [-0.05, 0) is 6.92 Å². The summed E-state index contributed by atoms with van der Waals surface area (Å²) in [5, 5.41) is 4.01. The lowest BCUT2D eigenvalue weighted by atomic mass is 9.89. The van der Waals surface area contributed by atoms with Crippen LogP contribution in [0.5, 0.6) is 0 Å². The minimum atomic E-state index is -1.38. The first-order valence-corrected chi connectivity index (χ1v) is 7.07. The molecule has 1 aliphatic rings. The maximum absolute atomic E-state index is 11.6. The molecule has 0 fully saturated rings. The molecule has 0 N–H and O–H groups in total. The molecule has 0 aliphatic carbocycles. The van der Waals surface area contributed by atoms with E-state index in [9.17, 15) is 9.59 Å². The number of esters is 2. The molecule has 3 atom stereocenters. The van der Waals surface area contributed by atoms with E-state index < -0.39 is 29.9 Å². The summed E-state index contributed by atoms with van der Waals surface area (Å²) in [6.07, 6.45) is -1.98. The van der Waals surface area contributed by atoms with E-state index in [1.54, 1.807) is 19.1 Å². The summed E-state index contributed by atoms with van der Waals surface area (Å²) in [6, 6.07) is 9.06. The van der Waals surface area contributed by atoms with Crippen molar-refractivity contribution >= 4 is 17.7 Å². The van der Waals surface area contributed by atoms with Crippen LogP contribution in [0.2, 0.25) is 0 Å². The Labute approximate surface area is 134 Å². The third-order valence-corrected chi connectivity index (χ3v) is 3.41. The van der Waals surface area contributed by atoms with Gasteiger partial charge in [0, 0.05) is 26.5 Å². The molecule has 0 saturated heterocycles. The van der Waals surface area contributed by atoms with Crippen LogP contribution in [0.15, 0.2) is 35.5 Å². The number of carbonyl (C=O) groups excluding carboxylic acids is 2. The first kappa shape index (κ1) is 17.0. The molecule has 0 spiro atoms. The predicted molar refractivity (Wildman–Crippen MR) is 80.6 cm³/mol. The van der Waals surface area contributed by atoms with Crippen LogP contribution in [0, 0.1) is 0 Å². The zero-order valence-electron chi connectivity index (χ0n) is 13.4. The van der Waals surface area contributed by atoms with Crippen LogP contribution >= 0.6 is 0 Å². The van der Waals surface area contributed by atoms with Crippen LogP contribution in [0.1, 0.15) is 26.3 Å². The summed E-state index contributed by atoms with van der Waals surface area (Å²) in [5.74, 6) is -1.08. The van der Waals surface area contributed by atoms with Crippen molar-refractivity contribution < 1.29 is 28.6 Å². The van der Waals surface area contributed by atoms with Crippen molar-refractivity contribution in [2.24, 2.45) is 5.16 Å². The second-order valence-corrected chi connectivity index (χ2v) is 5.28. The maximum Gasteiger partial charge on any atom is 0.303 e. The molecule has 0 radical (unpaired) electrons. The van der Waals surface area contributed by atoms with E-state index in [0.717, 1.165) is 0 Å². The third kappa shape index (κ3) is 3.50. The average molecular weight is 321 g/mol. The molecule has 1 aliphatic heterocycles. The lowest BCUT2D eigenvalue weighted by Gasteiger charge is -2.42. The zero-order valence-corrected chi connectivity index (χ0v) is 13.4. The Hall–Kier alpha value is -2.41. The van der Waals surface area contributed by atoms with Gasteiger partial charge in [0.15, 0.2) is 6.10 Å². The van der Waals surface area contributed by atoms with Crippen LogP contribution in [-0.2, 0) is 28.6 Å². The maximum atomic E-state index is 11.6. The third-order valence-electron chi connectivity index (χ3n) is 3.41. The molecule has 7 heteroatoms. The molecule has 0 bridgehead atoms. The van der Waals surface area contributed by atoms with Crippen LogP contribution < -0.4 is 0 Å². The minimum Gasteiger partial charge on any atom is -0.451 e. The highest BCUT2D eigenvalue weighted by Crippen LogP contribution is 2.33. The number of methoxy groups -OCH3 is 1. The van der Waals surface area contributed by atoms with E-state index in [4.69, 9.17) is 19.0 Å². The van der Waals surface area contributed by atoms with Crippen LogP contribution in [-0.4, -0.2) is 42.8 Å². The second kappa shape index (κ2) is 6.78.